The van der Waals surface area contributed by atoms with Crippen LogP contribution in [0.3, 0.4) is 0 Å². The monoisotopic (exact) mass is 221 g/mol. The van der Waals surface area contributed by atoms with Gasteiger partial charge in [-0.1, -0.05) is 19.8 Å². The molecule has 0 rings (SSSR count). The first-order chi connectivity index (χ1) is 3.81. The maximum atomic E-state index is 3.77. The Labute approximate surface area is 65.2 Å². The zero-order valence-corrected chi connectivity index (χ0v) is 7.23. The number of hydrogen-bond donors (Lipinski definition) is 0. The van der Waals surface area contributed by atoms with Crippen LogP contribution in [0.1, 0.15) is 19.8 Å². The lowest BCUT2D eigenvalue weighted by atomic mass is 10.1. The van der Waals surface area contributed by atoms with Crippen LogP contribution < -0.4 is 0 Å². The standard InChI is InChI=1S/C7H10I/c1-3-7(2)5-4-6-8/h7H,1,3,5H2,2H3. The van der Waals surface area contributed by atoms with E-state index in [9.17, 15) is 0 Å². The summed E-state index contributed by atoms with van der Waals surface area (Å²) in [5.41, 5.74) is 0. The third-order valence-electron chi connectivity index (χ3n) is 1.01. The second-order valence-corrected chi connectivity index (χ2v) is 2.41. The highest BCUT2D eigenvalue weighted by Crippen LogP contribution is 2.03. The van der Waals surface area contributed by atoms with Crippen molar-refractivity contribution in [1.82, 2.24) is 0 Å². The molecule has 1 heteroatoms. The Hall–Kier alpha value is 0.290. The highest BCUT2D eigenvalue weighted by Gasteiger charge is 1.91. The van der Waals surface area contributed by atoms with E-state index in [1.54, 1.807) is 0 Å². The fourth-order valence-electron chi connectivity index (χ4n) is 0.315. The molecule has 0 saturated heterocycles. The van der Waals surface area contributed by atoms with Crippen LogP contribution in [0.5, 0.6) is 0 Å². The smallest absolute Gasteiger partial charge is 0.0181 e. The molecule has 0 heterocycles. The minimum atomic E-state index is 0.664. The van der Waals surface area contributed by atoms with Gasteiger partial charge in [-0.05, 0) is 16.3 Å². The minimum Gasteiger partial charge on any atom is -0.0916 e. The van der Waals surface area contributed by atoms with Gasteiger partial charge >= 0.3 is 0 Å². The van der Waals surface area contributed by atoms with Gasteiger partial charge in [0.15, 0.2) is 0 Å². The van der Waals surface area contributed by atoms with Crippen LogP contribution in [-0.2, 0) is 0 Å². The number of halogens is 1. The summed E-state index contributed by atoms with van der Waals surface area (Å²) in [6, 6.07) is 0. The molecule has 1 radical (unpaired) electrons. The molecule has 0 amide bonds. The number of hydrogen-bond acceptors (Lipinski definition) is 0. The lowest BCUT2D eigenvalue weighted by molar-refractivity contribution is 0.611. The zero-order valence-electron chi connectivity index (χ0n) is 5.08. The topological polar surface area (TPSA) is 0 Å². The quantitative estimate of drug-likeness (QED) is 0.496. The van der Waals surface area contributed by atoms with E-state index in [0.717, 1.165) is 12.8 Å². The maximum absolute atomic E-state index is 3.77. The van der Waals surface area contributed by atoms with Gasteiger partial charge in [-0.3, -0.25) is 0 Å². The largest absolute Gasteiger partial charge is 0.0916 e. The molecule has 0 fully saturated rings. The Kier molecular flexibility index (Phi) is 5.62. The molecule has 0 spiro atoms. The van der Waals surface area contributed by atoms with Gasteiger partial charge < -0.3 is 0 Å². The van der Waals surface area contributed by atoms with Crippen LogP contribution in [0, 0.1) is 22.7 Å². The molecule has 0 nitrogen and oxygen atoms in total. The summed E-state index contributed by atoms with van der Waals surface area (Å²) in [5.74, 6) is 3.66. The van der Waals surface area contributed by atoms with Crippen molar-refractivity contribution in [2.24, 2.45) is 5.92 Å². The molecule has 0 aromatic carbocycles. The van der Waals surface area contributed by atoms with Gasteiger partial charge in [-0.2, -0.15) is 0 Å². The first-order valence-electron chi connectivity index (χ1n) is 2.69. The Morgan fingerprint density at radius 2 is 2.38 bits per heavy atom. The summed E-state index contributed by atoms with van der Waals surface area (Å²) < 4.78 is 2.83. The zero-order chi connectivity index (χ0) is 6.41. The second kappa shape index (κ2) is 5.43. The van der Waals surface area contributed by atoms with Crippen molar-refractivity contribution in [2.75, 3.05) is 0 Å². The summed E-state index contributed by atoms with van der Waals surface area (Å²) in [6.07, 6.45) is 1.98. The van der Waals surface area contributed by atoms with Crippen molar-refractivity contribution >= 4 is 22.6 Å². The summed E-state index contributed by atoms with van der Waals surface area (Å²) in [5, 5.41) is 0. The van der Waals surface area contributed by atoms with Gasteiger partial charge in [-0.15, -0.1) is 0 Å². The normalized spacial score (nSPS) is 11.9. The summed E-state index contributed by atoms with van der Waals surface area (Å²) >= 11 is 2.06. The molecule has 0 saturated carbocycles. The highest BCUT2D eigenvalue weighted by atomic mass is 127. The lowest BCUT2D eigenvalue weighted by Gasteiger charge is -1.98. The summed E-state index contributed by atoms with van der Waals surface area (Å²) in [4.78, 5) is 0. The second-order valence-electron chi connectivity index (χ2n) is 1.87. The van der Waals surface area contributed by atoms with Crippen molar-refractivity contribution in [3.63, 3.8) is 0 Å². The Morgan fingerprint density at radius 1 is 1.75 bits per heavy atom. The van der Waals surface area contributed by atoms with E-state index < -0.39 is 0 Å². The van der Waals surface area contributed by atoms with Crippen LogP contribution in [0.4, 0.5) is 0 Å². The Morgan fingerprint density at radius 3 is 2.75 bits per heavy atom. The predicted octanol–water partition coefficient (Wildman–Crippen LogP) is 2.63. The number of rotatable bonds is 2. The van der Waals surface area contributed by atoms with Crippen LogP contribution in [0.25, 0.3) is 0 Å². The molecule has 1 unspecified atom stereocenters. The molecule has 0 aromatic heterocycles. The van der Waals surface area contributed by atoms with Gasteiger partial charge in [0.25, 0.3) is 0 Å². The SMILES string of the molecule is [CH2]CC(C)CC#CI. The third kappa shape index (κ3) is 4.45. The molecule has 8 heavy (non-hydrogen) atoms. The predicted molar refractivity (Wildman–Crippen MR) is 45.6 cm³/mol. The van der Waals surface area contributed by atoms with E-state index in [0.29, 0.717) is 5.92 Å². The van der Waals surface area contributed by atoms with Crippen molar-refractivity contribution in [3.05, 3.63) is 6.92 Å². The van der Waals surface area contributed by atoms with Crippen LogP contribution in [0.2, 0.25) is 0 Å². The van der Waals surface area contributed by atoms with E-state index in [1.807, 2.05) is 0 Å². The summed E-state index contributed by atoms with van der Waals surface area (Å²) in [6.45, 7) is 5.93. The van der Waals surface area contributed by atoms with Gasteiger partial charge in [0.2, 0.25) is 0 Å². The van der Waals surface area contributed by atoms with Crippen LogP contribution >= 0.6 is 22.6 Å². The third-order valence-corrected chi connectivity index (χ3v) is 1.39. The molecular formula is C7H10I. The van der Waals surface area contributed by atoms with Crippen LogP contribution in [-0.4, -0.2) is 0 Å². The van der Waals surface area contributed by atoms with E-state index in [1.165, 1.54) is 0 Å². The molecule has 0 aromatic rings. The lowest BCUT2D eigenvalue weighted by Crippen LogP contribution is -1.87. The van der Waals surface area contributed by atoms with Crippen molar-refractivity contribution in [1.29, 1.82) is 0 Å². The molecular weight excluding hydrogens is 211 g/mol. The van der Waals surface area contributed by atoms with Gasteiger partial charge in [0.05, 0.1) is 0 Å². The molecule has 0 aliphatic rings. The molecule has 1 atom stereocenters. The van der Waals surface area contributed by atoms with E-state index in [2.05, 4.69) is 46.3 Å². The van der Waals surface area contributed by atoms with Gasteiger partial charge in [-0.25, -0.2) is 0 Å². The van der Waals surface area contributed by atoms with Crippen molar-refractivity contribution in [2.45, 2.75) is 19.8 Å². The first-order valence-corrected chi connectivity index (χ1v) is 3.77. The summed E-state index contributed by atoms with van der Waals surface area (Å²) in [7, 11) is 0. The van der Waals surface area contributed by atoms with Gasteiger partial charge in [0, 0.05) is 29.0 Å². The first kappa shape index (κ1) is 8.29. The van der Waals surface area contributed by atoms with Crippen molar-refractivity contribution < 1.29 is 0 Å². The highest BCUT2D eigenvalue weighted by molar-refractivity contribution is 14.1. The molecule has 0 aliphatic heterocycles. The average molecular weight is 221 g/mol. The molecule has 0 aliphatic carbocycles. The molecule has 45 valence electrons. The Bertz CT molecular complexity index is 96.7. The Balaban J connectivity index is 3.19. The average Bonchev–Trinajstić information content (AvgIpc) is 1.83. The maximum Gasteiger partial charge on any atom is 0.0181 e. The molecule has 0 N–H and O–H groups in total. The fraction of sp³-hybridized carbons (Fsp3) is 0.571. The van der Waals surface area contributed by atoms with E-state index in [-0.39, 0.29) is 0 Å². The minimum absolute atomic E-state index is 0.664. The van der Waals surface area contributed by atoms with E-state index >= 15 is 0 Å². The van der Waals surface area contributed by atoms with Crippen LogP contribution in [0.15, 0.2) is 0 Å². The van der Waals surface area contributed by atoms with E-state index in [4.69, 9.17) is 0 Å². The molecule has 0 bridgehead atoms. The fourth-order valence-corrected chi connectivity index (χ4v) is 0.535. The van der Waals surface area contributed by atoms with Gasteiger partial charge in [0.1, 0.15) is 0 Å². The van der Waals surface area contributed by atoms with Crippen molar-refractivity contribution in [3.8, 4) is 9.85 Å².